The van der Waals surface area contributed by atoms with Crippen LogP contribution in [0.25, 0.3) is 0 Å². The summed E-state index contributed by atoms with van der Waals surface area (Å²) < 4.78 is 34.6. The zero-order valence-electron chi connectivity index (χ0n) is 32.6. The molecule has 55 heavy (non-hydrogen) atoms. The van der Waals surface area contributed by atoms with Crippen molar-refractivity contribution in [2.75, 3.05) is 13.1 Å². The zero-order chi connectivity index (χ0) is 39.6. The summed E-state index contributed by atoms with van der Waals surface area (Å²) in [7, 11) is 0. The molecule has 0 radical (unpaired) electrons. The maximum Gasteiger partial charge on any atom is 0.313 e. The number of halogens is 2. The van der Waals surface area contributed by atoms with E-state index in [9.17, 15) is 28.6 Å². The largest absolute Gasteiger partial charge is 0.448 e. The highest BCUT2D eigenvalue weighted by molar-refractivity contribution is 7.09. The van der Waals surface area contributed by atoms with Crippen molar-refractivity contribution >= 4 is 29.0 Å². The molecule has 1 aromatic heterocycles. The number of esters is 1. The highest BCUT2D eigenvalue weighted by Gasteiger charge is 2.76. The Morgan fingerprint density at radius 2 is 1.76 bits per heavy atom. The number of allylic oxidation sites excluding steroid dienone is 2. The summed E-state index contributed by atoms with van der Waals surface area (Å²) >= 11 is 1.60. The van der Waals surface area contributed by atoms with E-state index in [4.69, 9.17) is 4.74 Å². The second-order valence-corrected chi connectivity index (χ2v) is 18.7. The van der Waals surface area contributed by atoms with Gasteiger partial charge in [0, 0.05) is 33.4 Å². The Morgan fingerprint density at radius 1 is 0.982 bits per heavy atom. The summed E-state index contributed by atoms with van der Waals surface area (Å²) in [6.45, 7) is 10.2. The van der Waals surface area contributed by atoms with Gasteiger partial charge in [-0.3, -0.25) is 14.4 Å². The molecule has 3 aromatic rings. The van der Waals surface area contributed by atoms with Crippen LogP contribution in [0.2, 0.25) is 0 Å². The van der Waals surface area contributed by atoms with Crippen LogP contribution in [0.5, 0.6) is 0 Å². The van der Waals surface area contributed by atoms with Crippen molar-refractivity contribution in [2.24, 2.45) is 16.2 Å². The van der Waals surface area contributed by atoms with E-state index in [1.807, 2.05) is 50.4 Å². The van der Waals surface area contributed by atoms with Crippen molar-refractivity contribution in [3.63, 3.8) is 0 Å². The molecule has 10 heteroatoms. The van der Waals surface area contributed by atoms with Gasteiger partial charge in [0.2, 0.25) is 0 Å². The van der Waals surface area contributed by atoms with Gasteiger partial charge in [0.1, 0.15) is 0 Å². The van der Waals surface area contributed by atoms with E-state index in [1.54, 1.807) is 22.3 Å². The maximum absolute atomic E-state index is 15.1. The summed E-state index contributed by atoms with van der Waals surface area (Å²) in [5, 5.41) is 26.2. The van der Waals surface area contributed by atoms with Gasteiger partial charge < -0.3 is 19.8 Å². The monoisotopic (exact) mass is 773 g/mol. The van der Waals surface area contributed by atoms with E-state index >= 15 is 4.79 Å². The van der Waals surface area contributed by atoms with E-state index in [-0.39, 0.29) is 29.9 Å². The van der Waals surface area contributed by atoms with Gasteiger partial charge in [0.25, 0.3) is 5.91 Å². The van der Waals surface area contributed by atoms with Crippen LogP contribution in [0.3, 0.4) is 0 Å². The third kappa shape index (κ3) is 6.50. The van der Waals surface area contributed by atoms with E-state index < -0.39 is 51.0 Å². The molecule has 6 unspecified atom stereocenters. The van der Waals surface area contributed by atoms with Gasteiger partial charge >= 0.3 is 5.97 Å². The fourth-order valence-corrected chi connectivity index (χ4v) is 10.9. The molecule has 1 saturated heterocycles. The van der Waals surface area contributed by atoms with Crippen LogP contribution < -0.4 is 0 Å². The van der Waals surface area contributed by atoms with Gasteiger partial charge in [-0.2, -0.15) is 0 Å². The van der Waals surface area contributed by atoms with Crippen molar-refractivity contribution < 1.29 is 38.1 Å². The molecule has 1 amide bonds. The SMILES string of the molecule is CC1=CCCC2(C)C(CCC2(O)CN(CCc2cccs2)C(=O)C23CCC(C)(C(=O)O2)C3(C)C)c2ccc(cc2C(=O)c2ccc(F)c(F)c2)CC(O)CC1. The smallest absolute Gasteiger partial charge is 0.313 e. The van der Waals surface area contributed by atoms with Crippen molar-refractivity contribution in [1.82, 2.24) is 4.90 Å². The second kappa shape index (κ2) is 14.3. The number of thiophene rings is 1. The van der Waals surface area contributed by atoms with E-state index in [1.165, 1.54) is 6.07 Å². The zero-order valence-corrected chi connectivity index (χ0v) is 33.4. The fraction of sp³-hybridized carbons (Fsp3) is 0.533. The normalized spacial score (nSPS) is 31.4. The predicted molar refractivity (Wildman–Crippen MR) is 208 cm³/mol. The first-order valence-electron chi connectivity index (χ1n) is 19.7. The summed E-state index contributed by atoms with van der Waals surface area (Å²) in [4.78, 5) is 45.6. The molecule has 4 aliphatic carbocycles. The lowest BCUT2D eigenvalue weighted by molar-refractivity contribution is -0.177. The van der Waals surface area contributed by atoms with Crippen LogP contribution in [-0.4, -0.2) is 63.2 Å². The molecule has 1 aliphatic heterocycles. The summed E-state index contributed by atoms with van der Waals surface area (Å²) in [5.41, 5.74) is -2.26. The maximum atomic E-state index is 15.1. The Bertz CT molecular complexity index is 2030. The fourth-order valence-electron chi connectivity index (χ4n) is 10.2. The molecular weight excluding hydrogens is 721 g/mol. The van der Waals surface area contributed by atoms with Crippen LogP contribution >= 0.6 is 11.3 Å². The molecular formula is C45H53F2NO6S. The molecule has 0 spiro atoms. The summed E-state index contributed by atoms with van der Waals surface area (Å²) in [6.07, 6.45) is 6.59. The van der Waals surface area contributed by atoms with Crippen molar-refractivity contribution in [3.05, 3.63) is 104 Å². The molecule has 4 bridgehead atoms. The number of hydrogen-bond donors (Lipinski definition) is 2. The Kier molecular flexibility index (Phi) is 10.3. The van der Waals surface area contributed by atoms with Gasteiger partial charge in [-0.05, 0) is 131 Å². The van der Waals surface area contributed by atoms with Gasteiger partial charge in [0.15, 0.2) is 23.0 Å². The molecule has 2 N–H and O–H groups in total. The summed E-state index contributed by atoms with van der Waals surface area (Å²) in [5.74, 6) is -3.61. The standard InChI is InChI=1S/C45H53F2NO6S/c1-28-8-6-18-42(4)35(33-14-11-29(24-31(49)13-10-28)25-34(33)38(50)30-12-15-36(46)37(47)26-30)16-19-44(42,53)27-48(22-17-32-9-7-23-55-32)39(51)45-21-20-43(5,40(52)54-45)41(45,2)3/h7-9,11-12,14-15,23,25-26,31,35,49,53H,6,10,13,16-22,24,27H2,1-5H3. The van der Waals surface area contributed by atoms with E-state index in [2.05, 4.69) is 19.9 Å². The van der Waals surface area contributed by atoms with E-state index in [0.717, 1.165) is 28.1 Å². The molecule has 8 rings (SSSR count). The average Bonchev–Trinajstić information content (AvgIpc) is 3.84. The average molecular weight is 774 g/mol. The van der Waals surface area contributed by atoms with Crippen LogP contribution in [0.4, 0.5) is 8.78 Å². The highest BCUT2D eigenvalue weighted by Crippen LogP contribution is 2.66. The first-order valence-corrected chi connectivity index (χ1v) is 20.6. The van der Waals surface area contributed by atoms with Gasteiger partial charge in [0.05, 0.1) is 23.7 Å². The molecule has 2 heterocycles. The number of carbonyl (C=O) groups is 3. The van der Waals surface area contributed by atoms with Crippen LogP contribution in [0.1, 0.15) is 124 Å². The molecule has 5 aliphatic rings. The number of ether oxygens (including phenoxy) is 1. The lowest BCUT2D eigenvalue weighted by Crippen LogP contribution is -2.60. The predicted octanol–water partition coefficient (Wildman–Crippen LogP) is 8.49. The number of rotatable bonds is 8. The number of amides is 1. The number of aliphatic hydroxyl groups excluding tert-OH is 1. The number of nitrogens with zero attached hydrogens (tertiary/aromatic N) is 1. The molecule has 7 nitrogen and oxygen atoms in total. The first-order chi connectivity index (χ1) is 25.9. The number of ketones is 1. The lowest BCUT2D eigenvalue weighted by atomic mass is 9.64. The topological polar surface area (TPSA) is 104 Å². The van der Waals surface area contributed by atoms with Crippen LogP contribution in [0, 0.1) is 27.9 Å². The minimum absolute atomic E-state index is 0.00868. The molecule has 6 atom stereocenters. The Morgan fingerprint density at radius 3 is 2.44 bits per heavy atom. The third-order valence-electron chi connectivity index (χ3n) is 14.5. The Balaban J connectivity index is 1.31. The van der Waals surface area contributed by atoms with Crippen molar-refractivity contribution in [2.45, 2.75) is 122 Å². The van der Waals surface area contributed by atoms with Crippen LogP contribution in [-0.2, 0) is 27.2 Å². The second-order valence-electron chi connectivity index (χ2n) is 17.6. The Labute approximate surface area is 326 Å². The lowest BCUT2D eigenvalue weighted by Gasteiger charge is -2.47. The summed E-state index contributed by atoms with van der Waals surface area (Å²) in [6, 6.07) is 12.7. The van der Waals surface area contributed by atoms with Crippen molar-refractivity contribution in [1.29, 1.82) is 0 Å². The third-order valence-corrected chi connectivity index (χ3v) is 15.4. The van der Waals surface area contributed by atoms with Crippen LogP contribution in [0.15, 0.2) is 65.6 Å². The molecule has 2 aromatic carbocycles. The van der Waals surface area contributed by atoms with Gasteiger partial charge in [-0.1, -0.05) is 50.6 Å². The molecule has 3 fully saturated rings. The minimum Gasteiger partial charge on any atom is -0.448 e. The number of fused-ring (bicyclic) bond motifs is 10. The number of hydrogen-bond acceptors (Lipinski definition) is 7. The van der Waals surface area contributed by atoms with Crippen molar-refractivity contribution in [3.8, 4) is 0 Å². The van der Waals surface area contributed by atoms with E-state index in [0.29, 0.717) is 81.9 Å². The quantitative estimate of drug-likeness (QED) is 0.135. The highest BCUT2D eigenvalue weighted by atomic mass is 32.1. The van der Waals surface area contributed by atoms with Gasteiger partial charge in [-0.15, -0.1) is 11.3 Å². The molecule has 2 saturated carbocycles. The first kappa shape index (κ1) is 39.5. The van der Waals surface area contributed by atoms with Gasteiger partial charge in [-0.25, -0.2) is 8.78 Å². The number of benzene rings is 2. The molecule has 294 valence electrons. The minimum atomic E-state index is -1.41. The number of carbonyl (C=O) groups excluding carboxylic acids is 3. The Hall–Kier alpha value is -3.73. The number of aliphatic hydroxyl groups is 2.